The summed E-state index contributed by atoms with van der Waals surface area (Å²) in [5.74, 6) is -0.608. The SMILES string of the molecule is O=C1C=C[C]=NC1F. The van der Waals surface area contributed by atoms with Gasteiger partial charge in [-0.1, -0.05) is 0 Å². The van der Waals surface area contributed by atoms with E-state index in [-0.39, 0.29) is 0 Å². The Morgan fingerprint density at radius 1 is 1.88 bits per heavy atom. The molecular weight excluding hydrogens is 109 g/mol. The molecule has 1 aliphatic heterocycles. The Bertz CT molecular complexity index is 162. The zero-order valence-electron chi connectivity index (χ0n) is 3.97. The number of hydrogen-bond donors (Lipinski definition) is 0. The number of carbonyl (C=O) groups excluding carboxylic acids is 1. The maximum Gasteiger partial charge on any atom is 0.252 e. The molecule has 1 rings (SSSR count). The Kier molecular flexibility index (Phi) is 1.20. The van der Waals surface area contributed by atoms with E-state index in [1.54, 1.807) is 0 Å². The largest absolute Gasteiger partial charge is 0.289 e. The van der Waals surface area contributed by atoms with Crippen LogP contribution in [0.2, 0.25) is 0 Å². The topological polar surface area (TPSA) is 29.4 Å². The van der Waals surface area contributed by atoms with Crippen molar-refractivity contribution in [1.29, 1.82) is 0 Å². The van der Waals surface area contributed by atoms with Gasteiger partial charge in [-0.2, -0.15) is 0 Å². The highest BCUT2D eigenvalue weighted by molar-refractivity contribution is 5.99. The average Bonchev–Trinajstić information content (AvgIpc) is 1.77. The van der Waals surface area contributed by atoms with Gasteiger partial charge in [-0.25, -0.2) is 9.38 Å². The van der Waals surface area contributed by atoms with Gasteiger partial charge in [-0.3, -0.25) is 4.79 Å². The summed E-state index contributed by atoms with van der Waals surface area (Å²) in [7, 11) is 0. The molecule has 0 aromatic rings. The second kappa shape index (κ2) is 1.86. The van der Waals surface area contributed by atoms with Gasteiger partial charge in [0.05, 0.1) is 6.21 Å². The van der Waals surface area contributed by atoms with Crippen LogP contribution in [0.5, 0.6) is 0 Å². The molecule has 0 saturated heterocycles. The van der Waals surface area contributed by atoms with Crippen LogP contribution in [0.25, 0.3) is 0 Å². The summed E-state index contributed by atoms with van der Waals surface area (Å²) < 4.78 is 11.9. The molecule has 1 radical (unpaired) electrons. The van der Waals surface area contributed by atoms with Crippen molar-refractivity contribution in [2.45, 2.75) is 6.30 Å². The van der Waals surface area contributed by atoms with E-state index in [0.717, 1.165) is 6.08 Å². The lowest BCUT2D eigenvalue weighted by Gasteiger charge is -1.96. The van der Waals surface area contributed by atoms with Gasteiger partial charge in [0, 0.05) is 0 Å². The first-order valence-corrected chi connectivity index (χ1v) is 2.10. The third kappa shape index (κ3) is 0.804. The van der Waals surface area contributed by atoms with Crippen molar-refractivity contribution in [3.8, 4) is 0 Å². The third-order valence-electron chi connectivity index (χ3n) is 0.745. The van der Waals surface area contributed by atoms with Crippen LogP contribution in [0.4, 0.5) is 4.39 Å². The van der Waals surface area contributed by atoms with E-state index in [9.17, 15) is 9.18 Å². The van der Waals surface area contributed by atoms with E-state index < -0.39 is 12.1 Å². The van der Waals surface area contributed by atoms with Gasteiger partial charge < -0.3 is 0 Å². The predicted molar refractivity (Wildman–Crippen MR) is 26.5 cm³/mol. The van der Waals surface area contributed by atoms with E-state index in [1.165, 1.54) is 6.08 Å². The normalized spacial score (nSPS) is 26.6. The van der Waals surface area contributed by atoms with Crippen molar-refractivity contribution in [3.63, 3.8) is 0 Å². The molecular formula is C5H3FNO. The lowest BCUT2D eigenvalue weighted by molar-refractivity contribution is -0.118. The zero-order valence-corrected chi connectivity index (χ0v) is 3.97. The van der Waals surface area contributed by atoms with Crippen molar-refractivity contribution in [1.82, 2.24) is 0 Å². The predicted octanol–water partition coefficient (Wildman–Crippen LogP) is 0.369. The van der Waals surface area contributed by atoms with Crippen molar-refractivity contribution < 1.29 is 9.18 Å². The van der Waals surface area contributed by atoms with E-state index in [4.69, 9.17) is 0 Å². The molecule has 1 heterocycles. The van der Waals surface area contributed by atoms with Crippen LogP contribution in [0.1, 0.15) is 0 Å². The molecule has 0 saturated carbocycles. The van der Waals surface area contributed by atoms with E-state index in [0.29, 0.717) is 0 Å². The first-order chi connectivity index (χ1) is 3.80. The Morgan fingerprint density at radius 2 is 2.62 bits per heavy atom. The van der Waals surface area contributed by atoms with Gasteiger partial charge in [-0.05, 0) is 12.2 Å². The number of nitrogens with zero attached hydrogens (tertiary/aromatic N) is 1. The van der Waals surface area contributed by atoms with Gasteiger partial charge >= 0.3 is 0 Å². The lowest BCUT2D eigenvalue weighted by Crippen LogP contribution is -2.12. The first kappa shape index (κ1) is 5.15. The van der Waals surface area contributed by atoms with Crippen LogP contribution in [0.3, 0.4) is 0 Å². The average molecular weight is 112 g/mol. The minimum absolute atomic E-state index is 0.608. The molecule has 0 spiro atoms. The number of hydrogen-bond acceptors (Lipinski definition) is 2. The number of aliphatic imine (C=N–C) groups is 1. The molecule has 1 unspecified atom stereocenters. The van der Waals surface area contributed by atoms with Crippen LogP contribution in [0, 0.1) is 0 Å². The second-order valence-corrected chi connectivity index (χ2v) is 1.33. The van der Waals surface area contributed by atoms with Gasteiger partial charge in [0.15, 0.2) is 0 Å². The fourth-order valence-corrected chi connectivity index (χ4v) is 0.371. The van der Waals surface area contributed by atoms with E-state index in [1.807, 2.05) is 0 Å². The van der Waals surface area contributed by atoms with Crippen LogP contribution < -0.4 is 0 Å². The Hall–Kier alpha value is -0.990. The number of alkyl halides is 1. The fourth-order valence-electron chi connectivity index (χ4n) is 0.371. The number of allylic oxidation sites excluding steroid dienone is 1. The van der Waals surface area contributed by atoms with Crippen LogP contribution in [-0.2, 0) is 4.79 Å². The minimum atomic E-state index is -1.71. The quantitative estimate of drug-likeness (QED) is 0.416. The van der Waals surface area contributed by atoms with Crippen LogP contribution in [0.15, 0.2) is 17.1 Å². The van der Waals surface area contributed by atoms with Crippen molar-refractivity contribution in [2.75, 3.05) is 0 Å². The Morgan fingerprint density at radius 3 is 3.00 bits per heavy atom. The van der Waals surface area contributed by atoms with Crippen molar-refractivity contribution >= 4 is 12.0 Å². The highest BCUT2D eigenvalue weighted by Gasteiger charge is 2.12. The minimum Gasteiger partial charge on any atom is -0.289 e. The highest BCUT2D eigenvalue weighted by atomic mass is 19.1. The van der Waals surface area contributed by atoms with Gasteiger partial charge in [0.2, 0.25) is 5.78 Å². The maximum atomic E-state index is 11.9. The highest BCUT2D eigenvalue weighted by Crippen LogP contribution is 1.98. The molecule has 0 fully saturated rings. The summed E-state index contributed by atoms with van der Waals surface area (Å²) in [5, 5.41) is 0. The summed E-state index contributed by atoms with van der Waals surface area (Å²) in [5.41, 5.74) is 0. The monoisotopic (exact) mass is 112 g/mol. The number of carbonyl (C=O) groups is 1. The molecule has 41 valence electrons. The fraction of sp³-hybridized carbons (Fsp3) is 0.200. The van der Waals surface area contributed by atoms with E-state index >= 15 is 0 Å². The first-order valence-electron chi connectivity index (χ1n) is 2.10. The summed E-state index contributed by atoms with van der Waals surface area (Å²) in [4.78, 5) is 13.3. The maximum absolute atomic E-state index is 11.9. The summed E-state index contributed by atoms with van der Waals surface area (Å²) in [6.45, 7) is 0. The molecule has 0 amide bonds. The Balaban J connectivity index is 2.74. The van der Waals surface area contributed by atoms with Crippen molar-refractivity contribution in [2.24, 2.45) is 4.99 Å². The molecule has 3 heteroatoms. The molecule has 0 aliphatic carbocycles. The van der Waals surface area contributed by atoms with Crippen molar-refractivity contribution in [3.05, 3.63) is 12.2 Å². The zero-order chi connectivity index (χ0) is 5.98. The van der Waals surface area contributed by atoms with Gasteiger partial charge in [0.25, 0.3) is 6.30 Å². The standard InChI is InChI=1S/C5H3FNO/c6-5-4(8)2-1-3-7-5/h1-2,5H. The third-order valence-corrected chi connectivity index (χ3v) is 0.745. The molecule has 8 heavy (non-hydrogen) atoms. The molecule has 0 aromatic carbocycles. The molecule has 0 aromatic heterocycles. The molecule has 1 atom stereocenters. The number of dihydropyridines is 1. The van der Waals surface area contributed by atoms with Gasteiger partial charge in [0.1, 0.15) is 0 Å². The smallest absolute Gasteiger partial charge is 0.252 e. The van der Waals surface area contributed by atoms with Crippen LogP contribution >= 0.6 is 0 Å². The number of ketones is 1. The summed E-state index contributed by atoms with van der Waals surface area (Å²) in [6.07, 6.45) is 2.90. The molecule has 0 bridgehead atoms. The summed E-state index contributed by atoms with van der Waals surface area (Å²) >= 11 is 0. The molecule has 1 aliphatic rings. The van der Waals surface area contributed by atoms with E-state index in [2.05, 4.69) is 11.2 Å². The lowest BCUT2D eigenvalue weighted by atomic mass is 10.3. The number of halogens is 1. The summed E-state index contributed by atoms with van der Waals surface area (Å²) in [6, 6.07) is 0. The second-order valence-electron chi connectivity index (χ2n) is 1.33. The molecule has 0 N–H and O–H groups in total. The van der Waals surface area contributed by atoms with Crippen LogP contribution in [-0.4, -0.2) is 18.3 Å². The number of rotatable bonds is 0. The Labute approximate surface area is 45.7 Å². The van der Waals surface area contributed by atoms with Gasteiger partial charge in [-0.15, -0.1) is 0 Å². The molecule has 2 nitrogen and oxygen atoms in total.